The molecule has 4 rings (SSSR count). The van der Waals surface area contributed by atoms with E-state index in [1.807, 2.05) is 18.2 Å². The number of carboxylic acid groups (broad SMARTS) is 1. The summed E-state index contributed by atoms with van der Waals surface area (Å²) in [4.78, 5) is 18.3. The predicted molar refractivity (Wildman–Crippen MR) is 133 cm³/mol. The second-order valence-electron chi connectivity index (χ2n) is 9.27. The lowest BCUT2D eigenvalue weighted by molar-refractivity contribution is -0.139. The van der Waals surface area contributed by atoms with Crippen molar-refractivity contribution >= 4 is 40.2 Å². The first kappa shape index (κ1) is 24.6. The molecule has 6 nitrogen and oxygen atoms in total. The molecule has 1 aliphatic carbocycles. The fraction of sp³-hybridized carbons (Fsp3) is 0.600. The fourth-order valence-electron chi connectivity index (χ4n) is 4.93. The predicted octanol–water partition coefficient (Wildman–Crippen LogP) is 5.02. The van der Waals surface area contributed by atoms with E-state index in [2.05, 4.69) is 21.6 Å². The molecule has 2 heterocycles. The average molecular weight is 493 g/mol. The number of hydrogen-bond donors (Lipinski definition) is 2. The highest BCUT2D eigenvalue weighted by molar-refractivity contribution is 8.00. The molecule has 2 aliphatic rings. The van der Waals surface area contributed by atoms with Crippen LogP contribution in [0, 0.1) is 11.8 Å². The van der Waals surface area contributed by atoms with Crippen LogP contribution in [0.1, 0.15) is 50.2 Å². The van der Waals surface area contributed by atoms with Gasteiger partial charge < -0.3 is 19.8 Å². The van der Waals surface area contributed by atoms with Gasteiger partial charge in [-0.05, 0) is 68.7 Å². The van der Waals surface area contributed by atoms with Crippen molar-refractivity contribution < 1.29 is 19.7 Å². The third-order valence-corrected chi connectivity index (χ3v) is 8.57. The highest BCUT2D eigenvalue weighted by Gasteiger charge is 2.32. The number of aromatic nitrogens is 1. The zero-order valence-corrected chi connectivity index (χ0v) is 20.7. The Balaban J connectivity index is 1.40. The number of piperidine rings is 1. The van der Waals surface area contributed by atoms with E-state index in [-0.39, 0.29) is 18.3 Å². The molecule has 1 aromatic carbocycles. The van der Waals surface area contributed by atoms with Crippen LogP contribution in [0.5, 0.6) is 5.75 Å². The smallest absolute Gasteiger partial charge is 0.303 e. The molecule has 1 saturated heterocycles. The van der Waals surface area contributed by atoms with Crippen LogP contribution in [0.25, 0.3) is 10.9 Å². The molecular weight excluding hydrogens is 460 g/mol. The van der Waals surface area contributed by atoms with Gasteiger partial charge >= 0.3 is 5.97 Å². The number of rotatable bonds is 11. The molecule has 8 heteroatoms. The van der Waals surface area contributed by atoms with Gasteiger partial charge in [-0.15, -0.1) is 0 Å². The summed E-state index contributed by atoms with van der Waals surface area (Å²) in [5.41, 5.74) is 1.43. The second-order valence-corrected chi connectivity index (χ2v) is 11.1. The van der Waals surface area contributed by atoms with Crippen LogP contribution in [0.15, 0.2) is 24.4 Å². The third-order valence-electron chi connectivity index (χ3n) is 6.91. The Morgan fingerprint density at radius 1 is 1.33 bits per heavy atom. The van der Waals surface area contributed by atoms with E-state index in [1.54, 1.807) is 13.3 Å². The van der Waals surface area contributed by atoms with Crippen molar-refractivity contribution in [3.8, 4) is 5.75 Å². The number of hydrogen-bond acceptors (Lipinski definition) is 6. The summed E-state index contributed by atoms with van der Waals surface area (Å²) < 4.78 is 5.34. The fourth-order valence-corrected chi connectivity index (χ4v) is 6.37. The van der Waals surface area contributed by atoms with Crippen molar-refractivity contribution in [3.63, 3.8) is 0 Å². The summed E-state index contributed by atoms with van der Waals surface area (Å²) in [6.45, 7) is 2.86. The molecule has 1 aromatic heterocycles. The zero-order valence-electron chi connectivity index (χ0n) is 19.1. The van der Waals surface area contributed by atoms with Crippen LogP contribution in [-0.2, 0) is 4.79 Å². The first-order valence-electron chi connectivity index (χ1n) is 11.8. The number of benzene rings is 1. The highest BCUT2D eigenvalue weighted by Crippen LogP contribution is 2.38. The van der Waals surface area contributed by atoms with Gasteiger partial charge in [0.1, 0.15) is 5.75 Å². The van der Waals surface area contributed by atoms with Gasteiger partial charge in [-0.3, -0.25) is 9.78 Å². The van der Waals surface area contributed by atoms with Crippen LogP contribution in [0.2, 0.25) is 5.02 Å². The zero-order chi connectivity index (χ0) is 23.4. The molecule has 1 saturated carbocycles. The van der Waals surface area contributed by atoms with E-state index < -0.39 is 12.1 Å². The topological polar surface area (TPSA) is 82.9 Å². The number of thioether (sulfide) groups is 1. The minimum absolute atomic E-state index is 0.110. The number of carbonyl (C=O) groups is 1. The van der Waals surface area contributed by atoms with Crippen LogP contribution in [0.3, 0.4) is 0 Å². The maximum absolute atomic E-state index is 11.5. The number of aliphatic carboxylic acids is 1. The number of carboxylic acids is 1. The molecule has 2 fully saturated rings. The molecule has 0 bridgehead atoms. The number of ether oxygens (including phenoxy) is 1. The monoisotopic (exact) mass is 492 g/mol. The summed E-state index contributed by atoms with van der Waals surface area (Å²) >= 11 is 8.51. The molecule has 0 spiro atoms. The molecule has 180 valence electrons. The number of aliphatic hydroxyl groups is 1. The lowest BCUT2D eigenvalue weighted by Crippen LogP contribution is -2.42. The number of halogens is 1. The van der Waals surface area contributed by atoms with E-state index >= 15 is 0 Å². The summed E-state index contributed by atoms with van der Waals surface area (Å²) in [5.74, 6) is 1.47. The van der Waals surface area contributed by atoms with Crippen LogP contribution < -0.4 is 4.74 Å². The first-order valence-corrected chi connectivity index (χ1v) is 13.2. The number of aliphatic hydroxyl groups excluding tert-OH is 1. The van der Waals surface area contributed by atoms with Crippen molar-refractivity contribution in [3.05, 3.63) is 35.0 Å². The van der Waals surface area contributed by atoms with Gasteiger partial charge in [0.2, 0.25) is 0 Å². The molecule has 3 atom stereocenters. The number of methoxy groups -OCH3 is 1. The molecule has 1 aliphatic heterocycles. The van der Waals surface area contributed by atoms with E-state index in [0.29, 0.717) is 22.8 Å². The van der Waals surface area contributed by atoms with Crippen LogP contribution >= 0.6 is 23.4 Å². The lowest BCUT2D eigenvalue weighted by Gasteiger charge is -2.38. The number of nitrogens with zero attached hydrogens (tertiary/aromatic N) is 2. The van der Waals surface area contributed by atoms with Gasteiger partial charge in [0.15, 0.2) is 0 Å². The van der Waals surface area contributed by atoms with Crippen molar-refractivity contribution in [1.29, 1.82) is 0 Å². The molecule has 0 amide bonds. The quantitative estimate of drug-likeness (QED) is 0.455. The Labute approximate surface area is 204 Å². The normalized spacial score (nSPS) is 22.4. The Bertz CT molecular complexity index is 971. The van der Waals surface area contributed by atoms with Gasteiger partial charge in [0, 0.05) is 47.7 Å². The maximum Gasteiger partial charge on any atom is 0.303 e. The minimum atomic E-state index is -0.742. The Morgan fingerprint density at radius 2 is 2.15 bits per heavy atom. The van der Waals surface area contributed by atoms with E-state index in [0.717, 1.165) is 54.4 Å². The van der Waals surface area contributed by atoms with Gasteiger partial charge in [-0.2, -0.15) is 11.8 Å². The minimum Gasteiger partial charge on any atom is -0.497 e. The molecule has 2 unspecified atom stereocenters. The second kappa shape index (κ2) is 11.3. The molecule has 2 aromatic rings. The van der Waals surface area contributed by atoms with Crippen molar-refractivity contribution in [1.82, 2.24) is 9.88 Å². The molecule has 0 radical (unpaired) electrons. The SMILES string of the molecule is COc1ccc2ncc(Cl)c([C@H](O)CCC3CCN(CCSC4CC4)CC3CC(=O)O)c2c1. The number of likely N-dealkylation sites (tertiary alicyclic amines) is 1. The largest absolute Gasteiger partial charge is 0.497 e. The lowest BCUT2D eigenvalue weighted by atomic mass is 9.79. The highest BCUT2D eigenvalue weighted by atomic mass is 35.5. The maximum atomic E-state index is 11.5. The van der Waals surface area contributed by atoms with E-state index in [9.17, 15) is 15.0 Å². The number of fused-ring (bicyclic) bond motifs is 1. The Morgan fingerprint density at radius 3 is 2.88 bits per heavy atom. The standard InChI is InChI=1S/C25H33ClN2O4S/c1-32-18-3-6-22-20(13-18)25(21(26)14-27-22)23(29)7-2-16-8-9-28(10-11-33-19-4-5-19)15-17(16)12-24(30)31/h3,6,13-14,16-17,19,23,29H,2,4-5,7-12,15H2,1H3,(H,30,31)/t16?,17?,23-/m1/s1. The van der Waals surface area contributed by atoms with E-state index in [1.165, 1.54) is 12.8 Å². The molecular formula is C25H33ClN2O4S. The van der Waals surface area contributed by atoms with Crippen molar-refractivity contribution in [2.75, 3.05) is 32.5 Å². The summed E-state index contributed by atoms with van der Waals surface area (Å²) in [6.07, 6.45) is 6.00. The summed E-state index contributed by atoms with van der Waals surface area (Å²) in [7, 11) is 1.61. The molecule has 2 N–H and O–H groups in total. The third kappa shape index (κ3) is 6.53. The van der Waals surface area contributed by atoms with Gasteiger partial charge in [0.05, 0.1) is 23.8 Å². The van der Waals surface area contributed by atoms with Gasteiger partial charge in [0.25, 0.3) is 0 Å². The molecule has 33 heavy (non-hydrogen) atoms. The number of pyridine rings is 1. The van der Waals surface area contributed by atoms with Crippen LogP contribution in [-0.4, -0.2) is 63.8 Å². The first-order chi connectivity index (χ1) is 15.9. The summed E-state index contributed by atoms with van der Waals surface area (Å²) in [6, 6.07) is 5.56. The van der Waals surface area contributed by atoms with Crippen molar-refractivity contribution in [2.45, 2.75) is 49.9 Å². The Kier molecular flexibility index (Phi) is 8.38. The average Bonchev–Trinajstić information content (AvgIpc) is 3.62. The van der Waals surface area contributed by atoms with Gasteiger partial charge in [-0.25, -0.2) is 0 Å². The Hall–Kier alpha value is -1.54. The van der Waals surface area contributed by atoms with E-state index in [4.69, 9.17) is 16.3 Å². The van der Waals surface area contributed by atoms with Crippen LogP contribution in [0.4, 0.5) is 0 Å². The summed E-state index contributed by atoms with van der Waals surface area (Å²) in [5, 5.41) is 22.7. The van der Waals surface area contributed by atoms with Gasteiger partial charge in [-0.1, -0.05) is 11.6 Å². The van der Waals surface area contributed by atoms with Crippen molar-refractivity contribution in [2.24, 2.45) is 11.8 Å².